The minimum Gasteiger partial charge on any atom is -0.267 e. The highest BCUT2D eigenvalue weighted by Gasteiger charge is 2.06. The Morgan fingerprint density at radius 1 is 1.32 bits per heavy atom. The van der Waals surface area contributed by atoms with Gasteiger partial charge in [0, 0.05) is 5.56 Å². The number of carbonyl (C=O) groups excluding carboxylic acids is 1. The topological polar surface area (TPSA) is 41.5 Å². The molecule has 0 saturated heterocycles. The normalized spacial score (nSPS) is 11.4. The van der Waals surface area contributed by atoms with E-state index in [-0.39, 0.29) is 5.91 Å². The van der Waals surface area contributed by atoms with E-state index in [4.69, 9.17) is 11.6 Å². The zero-order valence-electron chi connectivity index (χ0n) is 10.6. The molecule has 2 aromatic rings. The summed E-state index contributed by atoms with van der Waals surface area (Å²) in [6.45, 7) is 3.78. The number of hydrogen-bond acceptors (Lipinski definition) is 3. The Morgan fingerprint density at radius 3 is 2.74 bits per heavy atom. The van der Waals surface area contributed by atoms with Gasteiger partial charge in [0.2, 0.25) is 0 Å². The van der Waals surface area contributed by atoms with E-state index in [0.29, 0.717) is 9.90 Å². The van der Waals surface area contributed by atoms with Gasteiger partial charge in [-0.15, -0.1) is 11.3 Å². The van der Waals surface area contributed by atoms with E-state index in [2.05, 4.69) is 10.5 Å². The Labute approximate surface area is 120 Å². The molecule has 1 amide bonds. The third kappa shape index (κ3) is 3.66. The van der Waals surface area contributed by atoms with Crippen LogP contribution < -0.4 is 5.43 Å². The molecule has 0 saturated carbocycles. The van der Waals surface area contributed by atoms with Gasteiger partial charge in [-0.2, -0.15) is 5.10 Å². The molecule has 0 radical (unpaired) electrons. The third-order valence-electron chi connectivity index (χ3n) is 2.54. The van der Waals surface area contributed by atoms with E-state index < -0.39 is 0 Å². The predicted octanol–water partition coefficient (Wildman–Crippen LogP) is 3.86. The largest absolute Gasteiger partial charge is 0.271 e. The monoisotopic (exact) mass is 292 g/mol. The molecule has 0 bridgehead atoms. The van der Waals surface area contributed by atoms with Gasteiger partial charge in [-0.25, -0.2) is 5.43 Å². The van der Waals surface area contributed by atoms with Crippen LogP contribution >= 0.6 is 22.9 Å². The van der Waals surface area contributed by atoms with E-state index >= 15 is 0 Å². The molecule has 1 heterocycles. The van der Waals surface area contributed by atoms with Gasteiger partial charge in [-0.3, -0.25) is 4.79 Å². The molecule has 1 N–H and O–H groups in total. The van der Waals surface area contributed by atoms with Crippen LogP contribution in [0, 0.1) is 6.92 Å². The van der Waals surface area contributed by atoms with Crippen LogP contribution in [0.2, 0.25) is 4.34 Å². The first-order chi connectivity index (χ1) is 9.06. The van der Waals surface area contributed by atoms with Crippen LogP contribution in [0.25, 0.3) is 0 Å². The number of aryl methyl sites for hydroxylation is 1. The average Bonchev–Trinajstić information content (AvgIpc) is 2.82. The number of carbonyl (C=O) groups is 1. The Bertz CT molecular complexity index is 634. The van der Waals surface area contributed by atoms with E-state index in [1.807, 2.05) is 44.2 Å². The first-order valence-corrected chi connectivity index (χ1v) is 6.93. The Morgan fingerprint density at radius 2 is 2.11 bits per heavy atom. The van der Waals surface area contributed by atoms with Crippen molar-refractivity contribution >= 4 is 34.6 Å². The minimum absolute atomic E-state index is 0.217. The summed E-state index contributed by atoms with van der Waals surface area (Å²) >= 11 is 7.29. The lowest BCUT2D eigenvalue weighted by Gasteiger charge is -2.02. The van der Waals surface area contributed by atoms with Crippen LogP contribution in [0.1, 0.15) is 27.7 Å². The van der Waals surface area contributed by atoms with Gasteiger partial charge >= 0.3 is 0 Å². The van der Waals surface area contributed by atoms with Crippen molar-refractivity contribution in [2.45, 2.75) is 13.8 Å². The SMILES string of the molecule is CC(=NNC(=O)c1cccc(C)c1)c1ccc(Cl)s1. The molecule has 3 nitrogen and oxygen atoms in total. The van der Waals surface area contributed by atoms with Crippen molar-refractivity contribution in [3.05, 3.63) is 56.7 Å². The number of hydrogen-bond donors (Lipinski definition) is 1. The Balaban J connectivity index is 2.07. The van der Waals surface area contributed by atoms with Crippen LogP contribution in [0.4, 0.5) is 0 Å². The number of hydrazone groups is 1. The summed E-state index contributed by atoms with van der Waals surface area (Å²) in [5, 5.41) is 4.08. The fraction of sp³-hybridized carbons (Fsp3) is 0.143. The number of halogens is 1. The maximum Gasteiger partial charge on any atom is 0.271 e. The molecule has 19 heavy (non-hydrogen) atoms. The van der Waals surface area contributed by atoms with Gasteiger partial charge in [0.15, 0.2) is 0 Å². The van der Waals surface area contributed by atoms with Gasteiger partial charge in [0.25, 0.3) is 5.91 Å². The number of thiophene rings is 1. The predicted molar refractivity (Wildman–Crippen MR) is 80.2 cm³/mol. The molecule has 1 aromatic carbocycles. The summed E-state index contributed by atoms with van der Waals surface area (Å²) in [6, 6.07) is 11.1. The fourth-order valence-electron chi connectivity index (χ4n) is 1.55. The smallest absolute Gasteiger partial charge is 0.267 e. The van der Waals surface area contributed by atoms with Crippen molar-refractivity contribution in [3.63, 3.8) is 0 Å². The molecule has 5 heteroatoms. The highest BCUT2D eigenvalue weighted by atomic mass is 35.5. The highest BCUT2D eigenvalue weighted by Crippen LogP contribution is 2.21. The maximum atomic E-state index is 11.9. The summed E-state index contributed by atoms with van der Waals surface area (Å²) < 4.78 is 0.703. The standard InChI is InChI=1S/C14H13ClN2OS/c1-9-4-3-5-11(8-9)14(18)17-16-10(2)12-6-7-13(15)19-12/h3-8H,1-2H3,(H,17,18). The lowest BCUT2D eigenvalue weighted by atomic mass is 10.1. The van der Waals surface area contributed by atoms with Crippen LogP contribution in [0.15, 0.2) is 41.5 Å². The number of amides is 1. The zero-order valence-corrected chi connectivity index (χ0v) is 12.2. The Hall–Kier alpha value is -1.65. The molecule has 0 aliphatic carbocycles. The average molecular weight is 293 g/mol. The summed E-state index contributed by atoms with van der Waals surface area (Å²) in [6.07, 6.45) is 0. The zero-order chi connectivity index (χ0) is 13.8. The summed E-state index contributed by atoms with van der Waals surface area (Å²) in [5.74, 6) is -0.217. The number of benzene rings is 1. The quantitative estimate of drug-likeness (QED) is 0.677. The molecule has 98 valence electrons. The van der Waals surface area contributed by atoms with Crippen molar-refractivity contribution in [1.29, 1.82) is 0 Å². The molecule has 2 rings (SSSR count). The molecule has 0 unspecified atom stereocenters. The number of nitrogens with zero attached hydrogens (tertiary/aromatic N) is 1. The molecule has 0 atom stereocenters. The van der Waals surface area contributed by atoms with Crippen molar-refractivity contribution < 1.29 is 4.79 Å². The second-order valence-corrected chi connectivity index (χ2v) is 5.83. The van der Waals surface area contributed by atoms with Crippen LogP contribution in [0.3, 0.4) is 0 Å². The van der Waals surface area contributed by atoms with Crippen molar-refractivity contribution in [2.75, 3.05) is 0 Å². The van der Waals surface area contributed by atoms with Crippen molar-refractivity contribution in [2.24, 2.45) is 5.10 Å². The molecular formula is C14H13ClN2OS. The van der Waals surface area contributed by atoms with E-state index in [9.17, 15) is 4.79 Å². The van der Waals surface area contributed by atoms with Gasteiger partial charge in [-0.1, -0.05) is 29.3 Å². The minimum atomic E-state index is -0.217. The Kier molecular flexibility index (Phi) is 4.35. The highest BCUT2D eigenvalue weighted by molar-refractivity contribution is 7.18. The molecule has 0 fully saturated rings. The van der Waals surface area contributed by atoms with E-state index in [1.165, 1.54) is 11.3 Å². The first kappa shape index (κ1) is 13.8. The lowest BCUT2D eigenvalue weighted by Crippen LogP contribution is -2.19. The molecule has 0 spiro atoms. The molecule has 0 aliphatic heterocycles. The fourth-order valence-corrected chi connectivity index (χ4v) is 2.54. The van der Waals surface area contributed by atoms with Crippen molar-refractivity contribution in [3.8, 4) is 0 Å². The molecule has 1 aromatic heterocycles. The second-order valence-electron chi connectivity index (χ2n) is 4.11. The van der Waals surface area contributed by atoms with Gasteiger partial charge in [0.05, 0.1) is 14.9 Å². The first-order valence-electron chi connectivity index (χ1n) is 5.73. The van der Waals surface area contributed by atoms with Crippen LogP contribution in [-0.2, 0) is 0 Å². The summed E-state index contributed by atoms with van der Waals surface area (Å²) in [7, 11) is 0. The van der Waals surface area contributed by atoms with Crippen LogP contribution in [0.5, 0.6) is 0 Å². The van der Waals surface area contributed by atoms with Gasteiger partial charge in [-0.05, 0) is 38.1 Å². The third-order valence-corrected chi connectivity index (χ3v) is 3.88. The number of rotatable bonds is 3. The van der Waals surface area contributed by atoms with Crippen molar-refractivity contribution in [1.82, 2.24) is 5.43 Å². The van der Waals surface area contributed by atoms with Crippen LogP contribution in [-0.4, -0.2) is 11.6 Å². The summed E-state index contributed by atoms with van der Waals surface area (Å²) in [4.78, 5) is 12.8. The van der Waals surface area contributed by atoms with E-state index in [0.717, 1.165) is 16.2 Å². The number of nitrogens with one attached hydrogen (secondary N) is 1. The van der Waals surface area contributed by atoms with Gasteiger partial charge < -0.3 is 0 Å². The second kappa shape index (κ2) is 5.99. The van der Waals surface area contributed by atoms with E-state index in [1.54, 1.807) is 6.07 Å². The lowest BCUT2D eigenvalue weighted by molar-refractivity contribution is 0.0955. The van der Waals surface area contributed by atoms with Gasteiger partial charge in [0.1, 0.15) is 0 Å². The maximum absolute atomic E-state index is 11.9. The molecule has 0 aliphatic rings. The summed E-state index contributed by atoms with van der Waals surface area (Å²) in [5.41, 5.74) is 4.92. The molecular weight excluding hydrogens is 280 g/mol.